The predicted octanol–water partition coefficient (Wildman–Crippen LogP) is 3.57. The summed E-state index contributed by atoms with van der Waals surface area (Å²) in [5, 5.41) is 26.2. The first-order valence-electron chi connectivity index (χ1n) is 8.78. The smallest absolute Gasteiger partial charge is 0.272 e. The molecule has 0 unspecified atom stereocenters. The van der Waals surface area contributed by atoms with E-state index in [1.165, 1.54) is 18.2 Å². The minimum Gasteiger partial charge on any atom is -0.322 e. The molecular formula is C20H16N6O3. The van der Waals surface area contributed by atoms with Crippen molar-refractivity contribution < 1.29 is 9.72 Å². The Hall–Kier alpha value is -4.14. The zero-order valence-electron chi connectivity index (χ0n) is 15.7. The van der Waals surface area contributed by atoms with Crippen LogP contribution in [-0.4, -0.2) is 30.6 Å². The van der Waals surface area contributed by atoms with Gasteiger partial charge in [0.2, 0.25) is 0 Å². The number of hydrogen-bond acceptors (Lipinski definition) is 6. The molecule has 2 aromatic carbocycles. The number of hydrogen-bond donors (Lipinski definition) is 1. The Morgan fingerprint density at radius 2 is 1.79 bits per heavy atom. The first-order chi connectivity index (χ1) is 13.9. The molecular weight excluding hydrogens is 372 g/mol. The molecule has 4 rings (SSSR count). The van der Waals surface area contributed by atoms with Crippen LogP contribution in [0.25, 0.3) is 16.9 Å². The van der Waals surface area contributed by atoms with Crippen LogP contribution in [0, 0.1) is 24.0 Å². The summed E-state index contributed by atoms with van der Waals surface area (Å²) in [7, 11) is 0. The van der Waals surface area contributed by atoms with Crippen molar-refractivity contribution in [1.82, 2.24) is 19.8 Å². The molecule has 2 aromatic heterocycles. The van der Waals surface area contributed by atoms with Gasteiger partial charge < -0.3 is 5.32 Å². The van der Waals surface area contributed by atoms with E-state index in [1.807, 2.05) is 31.2 Å². The topological polar surface area (TPSA) is 115 Å². The number of nitrogens with one attached hydrogen (secondary N) is 1. The Morgan fingerprint density at radius 1 is 1.03 bits per heavy atom. The summed E-state index contributed by atoms with van der Waals surface area (Å²) in [5.41, 5.74) is 3.69. The van der Waals surface area contributed by atoms with E-state index in [0.717, 1.165) is 11.3 Å². The fourth-order valence-electron chi connectivity index (χ4n) is 2.98. The van der Waals surface area contributed by atoms with E-state index in [4.69, 9.17) is 0 Å². The standard InChI is InChI=1S/C20H16N6O3/c1-12-11-15(5-9-18(12)26(28)29)20(27)21-16-6-3-14(4-7-16)17-8-10-19-23-22-13(2)25(19)24-17/h3-11H,1-2H3,(H,21,27). The maximum atomic E-state index is 12.4. The van der Waals surface area contributed by atoms with Gasteiger partial charge in [0, 0.05) is 28.4 Å². The average molecular weight is 388 g/mol. The highest BCUT2D eigenvalue weighted by Crippen LogP contribution is 2.22. The molecule has 144 valence electrons. The molecule has 0 bridgehead atoms. The van der Waals surface area contributed by atoms with Gasteiger partial charge in [0.05, 0.1) is 10.6 Å². The van der Waals surface area contributed by atoms with E-state index >= 15 is 0 Å². The van der Waals surface area contributed by atoms with Crippen molar-refractivity contribution in [2.24, 2.45) is 0 Å². The molecule has 0 atom stereocenters. The van der Waals surface area contributed by atoms with Crippen LogP contribution < -0.4 is 5.32 Å². The lowest BCUT2D eigenvalue weighted by Crippen LogP contribution is -2.12. The largest absolute Gasteiger partial charge is 0.322 e. The van der Waals surface area contributed by atoms with E-state index in [2.05, 4.69) is 20.6 Å². The molecule has 1 amide bonds. The number of nitro benzene ring substituents is 1. The number of fused-ring (bicyclic) bond motifs is 1. The zero-order valence-corrected chi connectivity index (χ0v) is 15.7. The molecule has 0 saturated carbocycles. The molecule has 9 nitrogen and oxygen atoms in total. The average Bonchev–Trinajstić information content (AvgIpc) is 3.08. The minimum absolute atomic E-state index is 0.0151. The summed E-state index contributed by atoms with van der Waals surface area (Å²) in [6.07, 6.45) is 0. The highest BCUT2D eigenvalue weighted by Gasteiger charge is 2.14. The van der Waals surface area contributed by atoms with E-state index < -0.39 is 4.92 Å². The Bertz CT molecular complexity index is 1250. The molecule has 0 aliphatic heterocycles. The molecule has 4 aromatic rings. The van der Waals surface area contributed by atoms with Gasteiger partial charge in [-0.1, -0.05) is 12.1 Å². The molecule has 0 spiro atoms. The lowest BCUT2D eigenvalue weighted by molar-refractivity contribution is -0.385. The van der Waals surface area contributed by atoms with E-state index in [1.54, 1.807) is 23.6 Å². The van der Waals surface area contributed by atoms with Crippen molar-refractivity contribution in [3.63, 3.8) is 0 Å². The number of carbonyl (C=O) groups excluding carboxylic acids is 1. The highest BCUT2D eigenvalue weighted by molar-refractivity contribution is 6.04. The third kappa shape index (κ3) is 3.53. The fourth-order valence-corrected chi connectivity index (χ4v) is 2.98. The van der Waals surface area contributed by atoms with E-state index in [-0.39, 0.29) is 11.6 Å². The lowest BCUT2D eigenvalue weighted by atomic mass is 10.1. The number of anilines is 1. The van der Waals surface area contributed by atoms with Crippen LogP contribution in [0.1, 0.15) is 21.7 Å². The number of aromatic nitrogens is 4. The molecule has 0 aliphatic rings. The lowest BCUT2D eigenvalue weighted by Gasteiger charge is -2.08. The number of benzene rings is 2. The van der Waals surface area contributed by atoms with Crippen LogP contribution in [0.2, 0.25) is 0 Å². The van der Waals surface area contributed by atoms with Gasteiger partial charge in [0.25, 0.3) is 11.6 Å². The number of nitrogens with zero attached hydrogens (tertiary/aromatic N) is 5. The second kappa shape index (κ2) is 7.12. The fraction of sp³-hybridized carbons (Fsp3) is 0.100. The number of nitro groups is 1. The highest BCUT2D eigenvalue weighted by atomic mass is 16.6. The van der Waals surface area contributed by atoms with Crippen LogP contribution in [0.15, 0.2) is 54.6 Å². The first kappa shape index (κ1) is 18.2. The van der Waals surface area contributed by atoms with Crippen LogP contribution in [0.5, 0.6) is 0 Å². The maximum absolute atomic E-state index is 12.4. The number of aryl methyl sites for hydroxylation is 2. The molecule has 9 heteroatoms. The van der Waals surface area contributed by atoms with Crippen LogP contribution in [-0.2, 0) is 0 Å². The van der Waals surface area contributed by atoms with Crippen molar-refractivity contribution in [1.29, 1.82) is 0 Å². The Labute approximate surface area is 165 Å². The maximum Gasteiger partial charge on any atom is 0.272 e. The SMILES string of the molecule is Cc1cc(C(=O)Nc2ccc(-c3ccc4nnc(C)n4n3)cc2)ccc1[N+](=O)[O-]. The summed E-state index contributed by atoms with van der Waals surface area (Å²) >= 11 is 0. The van der Waals surface area contributed by atoms with Gasteiger partial charge in [-0.2, -0.15) is 9.61 Å². The summed E-state index contributed by atoms with van der Waals surface area (Å²) in [6.45, 7) is 3.43. The second-order valence-electron chi connectivity index (χ2n) is 6.53. The van der Waals surface area contributed by atoms with Gasteiger partial charge in [0.15, 0.2) is 11.5 Å². The van der Waals surface area contributed by atoms with Gasteiger partial charge in [-0.3, -0.25) is 14.9 Å². The van der Waals surface area contributed by atoms with Crippen molar-refractivity contribution in [2.45, 2.75) is 13.8 Å². The van der Waals surface area contributed by atoms with Crippen LogP contribution >= 0.6 is 0 Å². The molecule has 2 heterocycles. The van der Waals surface area contributed by atoms with Gasteiger partial charge in [0.1, 0.15) is 0 Å². The van der Waals surface area contributed by atoms with Crippen LogP contribution in [0.3, 0.4) is 0 Å². The summed E-state index contributed by atoms with van der Waals surface area (Å²) in [4.78, 5) is 22.9. The van der Waals surface area contributed by atoms with E-state index in [9.17, 15) is 14.9 Å². The van der Waals surface area contributed by atoms with E-state index in [0.29, 0.717) is 28.3 Å². The predicted molar refractivity (Wildman–Crippen MR) is 107 cm³/mol. The minimum atomic E-state index is -0.470. The molecule has 29 heavy (non-hydrogen) atoms. The van der Waals surface area contributed by atoms with Crippen molar-refractivity contribution in [3.05, 3.63) is 81.7 Å². The second-order valence-corrected chi connectivity index (χ2v) is 6.53. The zero-order chi connectivity index (χ0) is 20.5. The summed E-state index contributed by atoms with van der Waals surface area (Å²) in [6, 6.07) is 15.2. The molecule has 0 aliphatic carbocycles. The van der Waals surface area contributed by atoms with Crippen molar-refractivity contribution in [2.75, 3.05) is 5.32 Å². The number of carbonyl (C=O) groups is 1. The first-order valence-corrected chi connectivity index (χ1v) is 8.78. The third-order valence-corrected chi connectivity index (χ3v) is 4.51. The van der Waals surface area contributed by atoms with Crippen molar-refractivity contribution in [3.8, 4) is 11.3 Å². The number of rotatable bonds is 4. The Morgan fingerprint density at radius 3 is 2.48 bits per heavy atom. The number of amides is 1. The van der Waals surface area contributed by atoms with Crippen molar-refractivity contribution >= 4 is 22.9 Å². The van der Waals surface area contributed by atoms with Gasteiger partial charge in [-0.15, -0.1) is 10.2 Å². The Kier molecular flexibility index (Phi) is 4.47. The summed E-state index contributed by atoms with van der Waals surface area (Å²) in [5.74, 6) is 0.361. The monoisotopic (exact) mass is 388 g/mol. The quantitative estimate of drug-likeness (QED) is 0.422. The third-order valence-electron chi connectivity index (χ3n) is 4.51. The summed E-state index contributed by atoms with van der Waals surface area (Å²) < 4.78 is 1.67. The van der Waals surface area contributed by atoms with Gasteiger partial charge in [-0.25, -0.2) is 0 Å². The van der Waals surface area contributed by atoms with Gasteiger partial charge >= 0.3 is 0 Å². The molecule has 1 N–H and O–H groups in total. The van der Waals surface area contributed by atoms with Crippen LogP contribution in [0.4, 0.5) is 11.4 Å². The molecule has 0 saturated heterocycles. The van der Waals surface area contributed by atoms with Gasteiger partial charge in [-0.05, 0) is 50.2 Å². The normalized spacial score (nSPS) is 10.8. The molecule has 0 radical (unpaired) electrons. The molecule has 0 fully saturated rings. The Balaban J connectivity index is 1.53.